The first-order valence-electron chi connectivity index (χ1n) is 9.64. The molecule has 1 aliphatic heterocycles. The van der Waals surface area contributed by atoms with Gasteiger partial charge in [0.2, 0.25) is 0 Å². The van der Waals surface area contributed by atoms with E-state index in [0.717, 1.165) is 63.7 Å². The molecule has 0 aliphatic carbocycles. The van der Waals surface area contributed by atoms with Crippen molar-refractivity contribution in [3.8, 4) is 16.9 Å². The summed E-state index contributed by atoms with van der Waals surface area (Å²) in [5.74, 6) is 1.81. The molecule has 3 aromatic carbocycles. The lowest BCUT2D eigenvalue weighted by atomic mass is 9.93. The largest absolute Gasteiger partial charge is 0.497 e. The van der Waals surface area contributed by atoms with Gasteiger partial charge in [0.05, 0.1) is 13.7 Å². The van der Waals surface area contributed by atoms with E-state index in [-0.39, 0.29) is 0 Å². The number of aliphatic imine (C=N–C) groups is 1. The van der Waals surface area contributed by atoms with E-state index in [1.54, 1.807) is 7.11 Å². The van der Waals surface area contributed by atoms with Crippen molar-refractivity contribution in [1.29, 1.82) is 0 Å². The third-order valence-electron chi connectivity index (χ3n) is 5.14. The van der Waals surface area contributed by atoms with E-state index >= 15 is 0 Å². The summed E-state index contributed by atoms with van der Waals surface area (Å²) in [7, 11) is 1.69. The molecule has 0 atom stereocenters. The van der Waals surface area contributed by atoms with Crippen LogP contribution in [0.2, 0.25) is 5.02 Å². The van der Waals surface area contributed by atoms with Crippen molar-refractivity contribution >= 4 is 33.4 Å². The molecule has 0 saturated carbocycles. The molecule has 1 aliphatic rings. The first-order valence-corrected chi connectivity index (χ1v) is 10.8. The van der Waals surface area contributed by atoms with E-state index < -0.39 is 0 Å². The van der Waals surface area contributed by atoms with E-state index in [4.69, 9.17) is 16.3 Å². The van der Waals surface area contributed by atoms with Crippen LogP contribution in [0, 0.1) is 0 Å². The number of rotatable bonds is 6. The van der Waals surface area contributed by atoms with Gasteiger partial charge in [0.1, 0.15) is 11.6 Å². The van der Waals surface area contributed by atoms with Crippen molar-refractivity contribution < 1.29 is 4.74 Å². The van der Waals surface area contributed by atoms with Gasteiger partial charge < -0.3 is 10.1 Å². The molecule has 3 nitrogen and oxygen atoms in total. The summed E-state index contributed by atoms with van der Waals surface area (Å²) >= 11 is 10.2. The van der Waals surface area contributed by atoms with E-state index in [1.807, 2.05) is 24.3 Å². The van der Waals surface area contributed by atoms with Crippen LogP contribution in [0.25, 0.3) is 11.1 Å². The fourth-order valence-corrected chi connectivity index (χ4v) is 4.39. The van der Waals surface area contributed by atoms with Gasteiger partial charge in [-0.2, -0.15) is 0 Å². The van der Waals surface area contributed by atoms with Gasteiger partial charge in [-0.05, 0) is 65.4 Å². The van der Waals surface area contributed by atoms with E-state index in [2.05, 4.69) is 62.6 Å². The highest BCUT2D eigenvalue weighted by Crippen LogP contribution is 2.31. The number of aryl methyl sites for hydroxylation is 1. The number of hydrogen-bond acceptors (Lipinski definition) is 3. The van der Waals surface area contributed by atoms with Crippen molar-refractivity contribution in [3.63, 3.8) is 0 Å². The number of nitrogens with one attached hydrogen (secondary N) is 1. The number of hydrogen-bond donors (Lipinski definition) is 1. The molecule has 0 aromatic heterocycles. The van der Waals surface area contributed by atoms with Crippen molar-refractivity contribution in [2.45, 2.75) is 12.8 Å². The Kier molecular flexibility index (Phi) is 6.22. The summed E-state index contributed by atoms with van der Waals surface area (Å²) in [6, 6.07) is 20.7. The van der Waals surface area contributed by atoms with Crippen LogP contribution in [0.5, 0.6) is 5.75 Å². The lowest BCUT2D eigenvalue weighted by Crippen LogP contribution is -2.21. The molecule has 0 radical (unpaired) electrons. The van der Waals surface area contributed by atoms with Crippen molar-refractivity contribution in [2.75, 3.05) is 20.2 Å². The van der Waals surface area contributed by atoms with Crippen molar-refractivity contribution in [2.24, 2.45) is 4.99 Å². The van der Waals surface area contributed by atoms with Crippen LogP contribution < -0.4 is 10.1 Å². The van der Waals surface area contributed by atoms with Gasteiger partial charge >= 0.3 is 0 Å². The van der Waals surface area contributed by atoms with Crippen molar-refractivity contribution in [3.05, 3.63) is 86.8 Å². The summed E-state index contributed by atoms with van der Waals surface area (Å²) in [5.41, 5.74) is 5.86. The molecule has 3 aromatic rings. The summed E-state index contributed by atoms with van der Waals surface area (Å²) in [4.78, 5) is 4.59. The van der Waals surface area contributed by atoms with Crippen LogP contribution in [0.1, 0.15) is 16.7 Å². The summed E-state index contributed by atoms with van der Waals surface area (Å²) in [5, 5.41) is 4.16. The second-order valence-electron chi connectivity index (χ2n) is 6.96. The number of methoxy groups -OCH3 is 1. The zero-order chi connectivity index (χ0) is 20.2. The Morgan fingerprint density at radius 3 is 2.69 bits per heavy atom. The van der Waals surface area contributed by atoms with E-state index in [1.165, 1.54) is 11.1 Å². The number of ether oxygens (including phenoxy) is 1. The van der Waals surface area contributed by atoms with Crippen LogP contribution in [0.15, 0.2) is 70.1 Å². The molecular weight excluding hydrogens is 448 g/mol. The third-order valence-corrected chi connectivity index (χ3v) is 5.99. The van der Waals surface area contributed by atoms with Gasteiger partial charge in [-0.1, -0.05) is 57.9 Å². The first-order chi connectivity index (χ1) is 14.2. The molecule has 0 amide bonds. The Hall–Kier alpha value is -2.30. The first kappa shape index (κ1) is 20.0. The SMILES string of the molecule is COc1cccc(-c2ccc(Br)cc2CCc2c(Cl)cccc2C2=NCCN2)c1. The molecule has 0 spiro atoms. The summed E-state index contributed by atoms with van der Waals surface area (Å²) < 4.78 is 6.48. The topological polar surface area (TPSA) is 33.6 Å². The van der Waals surface area contributed by atoms with Gasteiger partial charge in [0.25, 0.3) is 0 Å². The normalized spacial score (nSPS) is 13.1. The highest BCUT2D eigenvalue weighted by atomic mass is 79.9. The minimum Gasteiger partial charge on any atom is -0.497 e. The molecule has 1 heterocycles. The summed E-state index contributed by atoms with van der Waals surface area (Å²) in [6.45, 7) is 1.69. The molecule has 0 saturated heterocycles. The standard InChI is InChI=1S/C24H22BrClN2O/c1-29-19-5-2-4-16(15-19)20-11-9-18(25)14-17(20)8-10-21-22(6-3-7-23(21)26)24-27-12-13-28-24/h2-7,9,11,14-15H,8,10,12-13H2,1H3,(H,27,28). The maximum Gasteiger partial charge on any atom is 0.128 e. The average Bonchev–Trinajstić information content (AvgIpc) is 3.27. The maximum absolute atomic E-state index is 6.59. The van der Waals surface area contributed by atoms with E-state index in [0.29, 0.717) is 0 Å². The second-order valence-corrected chi connectivity index (χ2v) is 8.28. The number of benzene rings is 3. The molecule has 148 valence electrons. The maximum atomic E-state index is 6.59. The predicted octanol–water partition coefficient (Wildman–Crippen LogP) is 5.91. The predicted molar refractivity (Wildman–Crippen MR) is 124 cm³/mol. The second kappa shape index (κ2) is 9.02. The Balaban J connectivity index is 1.67. The quantitative estimate of drug-likeness (QED) is 0.487. The molecule has 29 heavy (non-hydrogen) atoms. The van der Waals surface area contributed by atoms with Crippen LogP contribution in [0.4, 0.5) is 0 Å². The fraction of sp³-hybridized carbons (Fsp3) is 0.208. The number of amidine groups is 1. The molecule has 0 unspecified atom stereocenters. The third kappa shape index (κ3) is 4.49. The van der Waals surface area contributed by atoms with Gasteiger partial charge in [0, 0.05) is 21.6 Å². The highest BCUT2D eigenvalue weighted by molar-refractivity contribution is 9.10. The smallest absolute Gasteiger partial charge is 0.128 e. The van der Waals surface area contributed by atoms with Gasteiger partial charge in [-0.25, -0.2) is 0 Å². The zero-order valence-corrected chi connectivity index (χ0v) is 18.6. The molecule has 4 rings (SSSR count). The van der Waals surface area contributed by atoms with Crippen LogP contribution in [-0.4, -0.2) is 26.0 Å². The van der Waals surface area contributed by atoms with Crippen molar-refractivity contribution in [1.82, 2.24) is 5.32 Å². The zero-order valence-electron chi connectivity index (χ0n) is 16.2. The minimum absolute atomic E-state index is 0.789. The molecule has 1 N–H and O–H groups in total. The molecule has 5 heteroatoms. The molecule has 0 bridgehead atoms. The Labute approximate surface area is 184 Å². The monoisotopic (exact) mass is 468 g/mol. The average molecular weight is 470 g/mol. The Morgan fingerprint density at radius 2 is 1.90 bits per heavy atom. The Morgan fingerprint density at radius 1 is 1.03 bits per heavy atom. The van der Waals surface area contributed by atoms with Crippen LogP contribution in [-0.2, 0) is 12.8 Å². The Bertz CT molecular complexity index is 1060. The van der Waals surface area contributed by atoms with Gasteiger partial charge in [0.15, 0.2) is 0 Å². The highest BCUT2D eigenvalue weighted by Gasteiger charge is 2.16. The minimum atomic E-state index is 0.789. The lowest BCUT2D eigenvalue weighted by molar-refractivity contribution is 0.415. The van der Waals surface area contributed by atoms with Crippen LogP contribution in [0.3, 0.4) is 0 Å². The number of halogens is 2. The summed E-state index contributed by atoms with van der Waals surface area (Å²) in [6.07, 6.45) is 1.71. The molecule has 0 fully saturated rings. The lowest BCUT2D eigenvalue weighted by Gasteiger charge is -2.15. The van der Waals surface area contributed by atoms with E-state index in [9.17, 15) is 0 Å². The van der Waals surface area contributed by atoms with Gasteiger partial charge in [-0.3, -0.25) is 4.99 Å². The van der Waals surface area contributed by atoms with Gasteiger partial charge in [-0.15, -0.1) is 0 Å². The molecular formula is C24H22BrClN2O. The fourth-order valence-electron chi connectivity index (χ4n) is 3.71. The van der Waals surface area contributed by atoms with Crippen LogP contribution >= 0.6 is 27.5 Å². The number of nitrogens with zero attached hydrogens (tertiary/aromatic N) is 1.